The lowest BCUT2D eigenvalue weighted by molar-refractivity contribution is -0.717. The minimum atomic E-state index is -5.30. The zero-order chi connectivity index (χ0) is 13.8. The number of phosphoric acid groups is 2. The minimum Gasteiger partial charge on any atom is -0.406 e. The highest BCUT2D eigenvalue weighted by Gasteiger charge is 2.40. The van der Waals surface area contributed by atoms with Crippen LogP contribution in [0.4, 0.5) is 0 Å². The second-order valence-electron chi connectivity index (χ2n) is 2.73. The van der Waals surface area contributed by atoms with Crippen LogP contribution in [0.2, 0.25) is 0 Å². The Kier molecular flexibility index (Phi) is 4.44. The van der Waals surface area contributed by atoms with Gasteiger partial charge >= 0.3 is 20.7 Å². The van der Waals surface area contributed by atoms with Crippen molar-refractivity contribution < 1.29 is 37.5 Å². The van der Waals surface area contributed by atoms with Gasteiger partial charge in [0.15, 0.2) is 0 Å². The van der Waals surface area contributed by atoms with Crippen molar-refractivity contribution in [3.8, 4) is 5.75 Å². The van der Waals surface area contributed by atoms with E-state index >= 15 is 0 Å². The van der Waals surface area contributed by atoms with Crippen molar-refractivity contribution in [2.75, 3.05) is 0 Å². The molecule has 1 unspecified atom stereocenters. The second kappa shape index (κ2) is 5.47. The van der Waals surface area contributed by atoms with Crippen LogP contribution in [0, 0.1) is 10.1 Å². The molecule has 1 atom stereocenters. The maximum atomic E-state index is 11.6. The van der Waals surface area contributed by atoms with Crippen LogP contribution in [0.25, 0.3) is 0 Å². The van der Waals surface area contributed by atoms with Gasteiger partial charge in [-0.25, -0.2) is 9.13 Å². The molecule has 0 aliphatic rings. The third kappa shape index (κ3) is 5.26. The van der Waals surface area contributed by atoms with Gasteiger partial charge in [-0.3, -0.25) is 0 Å². The Morgan fingerprint density at radius 1 is 1.17 bits per heavy atom. The molecule has 2 N–H and O–H groups in total. The molecule has 1 rings (SSSR count). The standard InChI is InChI=1S/C6H7NO9P2/c8-7(9)15-18(13,16-17(10,11)12)14-6-4-2-1-3-5-6/h1-5H,(H2,10,11,12). The largest absolute Gasteiger partial charge is 0.569 e. The highest BCUT2D eigenvalue weighted by Crippen LogP contribution is 2.60. The first-order valence-corrected chi connectivity index (χ1v) is 7.15. The number of para-hydroxylation sites is 1. The first kappa shape index (κ1) is 14.6. The molecule has 0 saturated carbocycles. The van der Waals surface area contributed by atoms with E-state index in [2.05, 4.69) is 13.5 Å². The summed E-state index contributed by atoms with van der Waals surface area (Å²) in [5.41, 5.74) is 0. The number of rotatable bonds is 6. The van der Waals surface area contributed by atoms with Crippen molar-refractivity contribution in [1.82, 2.24) is 0 Å². The van der Waals surface area contributed by atoms with E-state index in [4.69, 9.17) is 9.79 Å². The van der Waals surface area contributed by atoms with Gasteiger partial charge in [0, 0.05) is 0 Å². The molecule has 1 aromatic rings. The molecule has 10 nitrogen and oxygen atoms in total. The van der Waals surface area contributed by atoms with Crippen molar-refractivity contribution >= 4 is 15.6 Å². The fourth-order valence-corrected chi connectivity index (χ4v) is 2.74. The summed E-state index contributed by atoms with van der Waals surface area (Å²) in [4.78, 5) is 27.0. The topological polar surface area (TPSA) is 145 Å². The first-order chi connectivity index (χ1) is 8.20. The Morgan fingerprint density at radius 2 is 1.72 bits per heavy atom. The van der Waals surface area contributed by atoms with Crippen LogP contribution in [0.3, 0.4) is 0 Å². The summed E-state index contributed by atoms with van der Waals surface area (Å²) >= 11 is 0. The molecule has 100 valence electrons. The Bertz CT molecular complexity index is 511. The van der Waals surface area contributed by atoms with E-state index in [1.807, 2.05) is 0 Å². The van der Waals surface area contributed by atoms with E-state index in [-0.39, 0.29) is 5.75 Å². The summed E-state index contributed by atoms with van der Waals surface area (Å²) in [6, 6.07) is 6.90. The molecule has 18 heavy (non-hydrogen) atoms. The lowest BCUT2D eigenvalue weighted by atomic mass is 10.3. The van der Waals surface area contributed by atoms with Gasteiger partial charge in [-0.1, -0.05) is 18.2 Å². The van der Waals surface area contributed by atoms with Crippen molar-refractivity contribution in [2.24, 2.45) is 0 Å². The summed E-state index contributed by atoms with van der Waals surface area (Å²) in [5.74, 6) is -0.184. The lowest BCUT2D eigenvalue weighted by Gasteiger charge is -2.15. The van der Waals surface area contributed by atoms with Gasteiger partial charge < -0.3 is 14.3 Å². The Labute approximate surface area is 100 Å². The van der Waals surface area contributed by atoms with Crippen LogP contribution in [-0.2, 0) is 18.1 Å². The van der Waals surface area contributed by atoms with Gasteiger partial charge in [-0.15, -0.1) is 10.1 Å². The smallest absolute Gasteiger partial charge is 0.406 e. The Hall–Kier alpha value is -1.44. The number of hydrogen-bond donors (Lipinski definition) is 2. The predicted octanol–water partition coefficient (Wildman–Crippen LogP) is 1.49. The Morgan fingerprint density at radius 3 is 2.17 bits per heavy atom. The summed E-state index contributed by atoms with van der Waals surface area (Å²) in [5, 5.41) is 8.55. The molecule has 0 amide bonds. The van der Waals surface area contributed by atoms with E-state index in [0.717, 1.165) is 0 Å². The molecule has 12 heteroatoms. The highest BCUT2D eigenvalue weighted by molar-refractivity contribution is 7.61. The zero-order valence-corrected chi connectivity index (χ0v) is 10.3. The second-order valence-corrected chi connectivity index (χ2v) is 5.60. The zero-order valence-electron chi connectivity index (χ0n) is 8.48. The predicted molar refractivity (Wildman–Crippen MR) is 55.9 cm³/mol. The number of nitrogens with zero attached hydrogens (tertiary/aromatic N) is 1. The van der Waals surface area contributed by atoms with Crippen molar-refractivity contribution in [3.63, 3.8) is 0 Å². The third-order valence-electron chi connectivity index (χ3n) is 1.33. The summed E-state index contributed by atoms with van der Waals surface area (Å²) in [7, 11) is -10.4. The van der Waals surface area contributed by atoms with Crippen LogP contribution >= 0.6 is 15.6 Å². The van der Waals surface area contributed by atoms with Crippen LogP contribution in [0.15, 0.2) is 30.3 Å². The molecule has 0 aromatic heterocycles. The molecule has 0 fully saturated rings. The number of hydrogen-bond acceptors (Lipinski definition) is 7. The van der Waals surface area contributed by atoms with Crippen LogP contribution in [-0.4, -0.2) is 14.9 Å². The average Bonchev–Trinajstić information content (AvgIpc) is 2.13. The molecule has 0 aliphatic heterocycles. The fourth-order valence-electron chi connectivity index (χ4n) is 0.871. The van der Waals surface area contributed by atoms with Crippen molar-refractivity contribution in [2.45, 2.75) is 0 Å². The SMILES string of the molecule is O=[N+]([O-])OP(=O)(Oc1ccccc1)OP(=O)(O)O. The maximum absolute atomic E-state index is 11.6. The number of benzene rings is 1. The monoisotopic (exact) mass is 299 g/mol. The van der Waals surface area contributed by atoms with Crippen LogP contribution in [0.5, 0.6) is 5.75 Å². The van der Waals surface area contributed by atoms with E-state index in [9.17, 15) is 19.2 Å². The maximum Gasteiger partial charge on any atom is 0.569 e. The van der Waals surface area contributed by atoms with E-state index in [1.165, 1.54) is 24.3 Å². The van der Waals surface area contributed by atoms with E-state index < -0.39 is 20.7 Å². The molecule has 0 radical (unpaired) electrons. The molecule has 0 saturated heterocycles. The first-order valence-electron chi connectivity index (χ1n) is 4.16. The molecule has 1 aromatic carbocycles. The van der Waals surface area contributed by atoms with Crippen LogP contribution in [0.1, 0.15) is 0 Å². The lowest BCUT2D eigenvalue weighted by Crippen LogP contribution is -2.06. The van der Waals surface area contributed by atoms with E-state index in [0.29, 0.717) is 0 Å². The van der Waals surface area contributed by atoms with Crippen molar-refractivity contribution in [3.05, 3.63) is 40.4 Å². The molecule has 0 spiro atoms. The third-order valence-corrected chi connectivity index (χ3v) is 3.75. The summed E-state index contributed by atoms with van der Waals surface area (Å²) in [6.07, 6.45) is 0. The molecule has 0 aliphatic carbocycles. The minimum absolute atomic E-state index is 0.184. The highest BCUT2D eigenvalue weighted by atomic mass is 31.3. The van der Waals surface area contributed by atoms with Gasteiger partial charge in [0.2, 0.25) is 0 Å². The quantitative estimate of drug-likeness (QED) is 0.453. The summed E-state index contributed by atoms with van der Waals surface area (Å²) < 4.78 is 33.8. The average molecular weight is 299 g/mol. The van der Waals surface area contributed by atoms with Crippen molar-refractivity contribution in [1.29, 1.82) is 0 Å². The van der Waals surface area contributed by atoms with Gasteiger partial charge in [0.05, 0.1) is 0 Å². The van der Waals surface area contributed by atoms with Gasteiger partial charge in [-0.05, 0) is 12.1 Å². The Balaban J connectivity index is 2.95. The normalized spacial score (nSPS) is 14.6. The fraction of sp³-hybridized carbons (Fsp3) is 0. The molecular formula is C6H7NO9P2. The summed E-state index contributed by atoms with van der Waals surface area (Å²) in [6.45, 7) is 0. The van der Waals surface area contributed by atoms with Gasteiger partial charge in [-0.2, -0.15) is 8.94 Å². The molecular weight excluding hydrogens is 292 g/mol. The van der Waals surface area contributed by atoms with Gasteiger partial charge in [0.25, 0.3) is 0 Å². The van der Waals surface area contributed by atoms with Crippen LogP contribution < -0.4 is 4.52 Å². The van der Waals surface area contributed by atoms with E-state index in [1.54, 1.807) is 6.07 Å². The molecule has 0 bridgehead atoms. The molecule has 0 heterocycles. The van der Waals surface area contributed by atoms with Gasteiger partial charge in [0.1, 0.15) is 5.75 Å².